The van der Waals surface area contributed by atoms with E-state index in [0.29, 0.717) is 23.5 Å². The number of nitrogens with two attached hydrogens (primary N) is 1. The molecule has 5 heteroatoms. The van der Waals surface area contributed by atoms with Crippen molar-refractivity contribution in [1.82, 2.24) is 0 Å². The molecule has 0 aromatic heterocycles. The van der Waals surface area contributed by atoms with E-state index in [2.05, 4.69) is 5.32 Å². The number of esters is 1. The Morgan fingerprint density at radius 2 is 1.91 bits per heavy atom. The predicted molar refractivity (Wildman–Crippen MR) is 87.7 cm³/mol. The molecule has 2 rings (SSSR count). The van der Waals surface area contributed by atoms with E-state index in [0.717, 1.165) is 17.9 Å². The number of methoxy groups -OCH3 is 1. The fourth-order valence-electron chi connectivity index (χ4n) is 1.94. The van der Waals surface area contributed by atoms with Gasteiger partial charge in [-0.3, -0.25) is 0 Å². The minimum Gasteiger partial charge on any atom is -0.497 e. The summed E-state index contributed by atoms with van der Waals surface area (Å²) in [6.45, 7) is 2.33. The van der Waals surface area contributed by atoms with Crippen LogP contribution in [0.25, 0.3) is 0 Å². The molecule has 0 atom stereocenters. The second kappa shape index (κ2) is 7.36. The second-order valence-electron chi connectivity index (χ2n) is 4.79. The average molecular weight is 300 g/mol. The molecule has 0 bridgehead atoms. The first-order valence-corrected chi connectivity index (χ1v) is 7.11. The lowest BCUT2D eigenvalue weighted by molar-refractivity contribution is 0.0506. The summed E-state index contributed by atoms with van der Waals surface area (Å²) in [6, 6.07) is 12.5. The molecule has 116 valence electrons. The van der Waals surface area contributed by atoms with Crippen LogP contribution in [0.5, 0.6) is 5.75 Å². The van der Waals surface area contributed by atoms with Gasteiger partial charge in [-0.2, -0.15) is 0 Å². The zero-order valence-electron chi connectivity index (χ0n) is 12.8. The molecule has 5 nitrogen and oxygen atoms in total. The average Bonchev–Trinajstić information content (AvgIpc) is 2.55. The highest BCUT2D eigenvalue weighted by molar-refractivity contribution is 5.97. The predicted octanol–water partition coefficient (Wildman–Crippen LogP) is 3.59. The molecule has 22 heavy (non-hydrogen) atoms. The number of benzene rings is 2. The van der Waals surface area contributed by atoms with Gasteiger partial charge in [-0.1, -0.05) is 6.92 Å². The molecule has 0 unspecified atom stereocenters. The Morgan fingerprint density at radius 1 is 1.18 bits per heavy atom. The van der Waals surface area contributed by atoms with Crippen LogP contribution >= 0.6 is 0 Å². The highest BCUT2D eigenvalue weighted by atomic mass is 16.5. The van der Waals surface area contributed by atoms with Gasteiger partial charge in [0.2, 0.25) is 0 Å². The number of hydrogen-bond acceptors (Lipinski definition) is 5. The van der Waals surface area contributed by atoms with Gasteiger partial charge in [0.05, 0.1) is 25.0 Å². The molecular formula is C17H20N2O3. The summed E-state index contributed by atoms with van der Waals surface area (Å²) in [6.07, 6.45) is 0.773. The van der Waals surface area contributed by atoms with Crippen LogP contribution in [-0.4, -0.2) is 19.7 Å². The summed E-state index contributed by atoms with van der Waals surface area (Å²) in [5, 5.41) is 3.20. The number of nitrogens with one attached hydrogen (secondary N) is 1. The number of nitrogen functional groups attached to an aromatic ring is 1. The van der Waals surface area contributed by atoms with Crippen LogP contribution in [0.15, 0.2) is 42.5 Å². The van der Waals surface area contributed by atoms with Gasteiger partial charge in [0.15, 0.2) is 0 Å². The number of carbonyl (C=O) groups excluding carboxylic acids is 1. The summed E-state index contributed by atoms with van der Waals surface area (Å²) in [5.41, 5.74) is 8.21. The van der Waals surface area contributed by atoms with Crippen molar-refractivity contribution < 1.29 is 14.3 Å². The van der Waals surface area contributed by atoms with Gasteiger partial charge in [-0.25, -0.2) is 4.79 Å². The zero-order chi connectivity index (χ0) is 15.9. The Bertz CT molecular complexity index is 639. The summed E-state index contributed by atoms with van der Waals surface area (Å²) in [5.74, 6) is 0.385. The van der Waals surface area contributed by atoms with Crippen molar-refractivity contribution in [2.45, 2.75) is 13.3 Å². The number of carbonyl (C=O) groups is 1. The number of rotatable bonds is 6. The first-order chi connectivity index (χ1) is 10.6. The SMILES string of the molecule is CCCOC(=O)c1cc(N)ccc1Nc1ccc(OC)cc1. The van der Waals surface area contributed by atoms with Crippen molar-refractivity contribution in [3.8, 4) is 5.75 Å². The molecule has 3 N–H and O–H groups in total. The first-order valence-electron chi connectivity index (χ1n) is 7.11. The van der Waals surface area contributed by atoms with Gasteiger partial charge in [0.1, 0.15) is 5.75 Å². The molecular weight excluding hydrogens is 280 g/mol. The van der Waals surface area contributed by atoms with Gasteiger partial charge in [-0.05, 0) is 48.9 Å². The van der Waals surface area contributed by atoms with E-state index in [1.54, 1.807) is 25.3 Å². The Labute approximate surface area is 130 Å². The number of anilines is 3. The lowest BCUT2D eigenvalue weighted by atomic mass is 10.1. The van der Waals surface area contributed by atoms with E-state index < -0.39 is 0 Å². The normalized spacial score (nSPS) is 10.1. The quantitative estimate of drug-likeness (QED) is 0.630. The molecule has 0 saturated heterocycles. The van der Waals surface area contributed by atoms with Crippen LogP contribution < -0.4 is 15.8 Å². The van der Waals surface area contributed by atoms with Crippen molar-refractivity contribution in [2.24, 2.45) is 0 Å². The van der Waals surface area contributed by atoms with Crippen molar-refractivity contribution in [3.63, 3.8) is 0 Å². The summed E-state index contributed by atoms with van der Waals surface area (Å²) in [7, 11) is 1.62. The van der Waals surface area contributed by atoms with Crippen molar-refractivity contribution in [3.05, 3.63) is 48.0 Å². The highest BCUT2D eigenvalue weighted by Gasteiger charge is 2.13. The zero-order valence-corrected chi connectivity index (χ0v) is 12.8. The molecule has 0 fully saturated rings. The van der Waals surface area contributed by atoms with E-state index in [1.165, 1.54) is 0 Å². The molecule has 0 spiro atoms. The molecule has 2 aromatic carbocycles. The van der Waals surface area contributed by atoms with Crippen molar-refractivity contribution in [1.29, 1.82) is 0 Å². The molecule has 0 amide bonds. The molecule has 0 radical (unpaired) electrons. The van der Waals surface area contributed by atoms with E-state index in [4.69, 9.17) is 15.2 Å². The van der Waals surface area contributed by atoms with Crippen LogP contribution in [0.1, 0.15) is 23.7 Å². The maximum atomic E-state index is 12.1. The van der Waals surface area contributed by atoms with Gasteiger partial charge in [0, 0.05) is 11.4 Å². The van der Waals surface area contributed by atoms with Gasteiger partial charge in [0.25, 0.3) is 0 Å². The molecule has 0 aliphatic heterocycles. The number of ether oxygens (including phenoxy) is 2. The molecule has 0 aliphatic rings. The molecule has 0 aliphatic carbocycles. The maximum Gasteiger partial charge on any atom is 0.340 e. The third-order valence-electron chi connectivity index (χ3n) is 3.07. The van der Waals surface area contributed by atoms with E-state index in [-0.39, 0.29) is 5.97 Å². The Kier molecular flexibility index (Phi) is 5.25. The fourth-order valence-corrected chi connectivity index (χ4v) is 1.94. The maximum absolute atomic E-state index is 12.1. The van der Waals surface area contributed by atoms with Crippen molar-refractivity contribution in [2.75, 3.05) is 24.8 Å². The Balaban J connectivity index is 2.23. The minimum absolute atomic E-state index is 0.384. The van der Waals surface area contributed by atoms with Crippen LogP contribution in [-0.2, 0) is 4.74 Å². The third-order valence-corrected chi connectivity index (χ3v) is 3.07. The second-order valence-corrected chi connectivity index (χ2v) is 4.79. The van der Waals surface area contributed by atoms with E-state index in [1.807, 2.05) is 31.2 Å². The first kappa shape index (κ1) is 15.7. The highest BCUT2D eigenvalue weighted by Crippen LogP contribution is 2.25. The summed E-state index contributed by atoms with van der Waals surface area (Å²) in [4.78, 5) is 12.1. The van der Waals surface area contributed by atoms with E-state index in [9.17, 15) is 4.79 Å². The largest absolute Gasteiger partial charge is 0.497 e. The van der Waals surface area contributed by atoms with Crippen LogP contribution in [0.4, 0.5) is 17.1 Å². The smallest absolute Gasteiger partial charge is 0.340 e. The molecule has 0 saturated carbocycles. The minimum atomic E-state index is -0.384. The Morgan fingerprint density at radius 3 is 2.55 bits per heavy atom. The topological polar surface area (TPSA) is 73.6 Å². The van der Waals surface area contributed by atoms with Gasteiger partial charge >= 0.3 is 5.97 Å². The number of hydrogen-bond donors (Lipinski definition) is 2. The lowest BCUT2D eigenvalue weighted by Gasteiger charge is -2.13. The van der Waals surface area contributed by atoms with Crippen molar-refractivity contribution >= 4 is 23.0 Å². The standard InChI is InChI=1S/C17H20N2O3/c1-3-10-22-17(20)15-11-12(18)4-9-16(15)19-13-5-7-14(21-2)8-6-13/h4-9,11,19H,3,10,18H2,1-2H3. The molecule has 2 aromatic rings. The third kappa shape index (κ3) is 3.91. The fraction of sp³-hybridized carbons (Fsp3) is 0.235. The van der Waals surface area contributed by atoms with Crippen LogP contribution in [0.3, 0.4) is 0 Å². The summed E-state index contributed by atoms with van der Waals surface area (Å²) < 4.78 is 10.3. The van der Waals surface area contributed by atoms with Gasteiger partial charge in [-0.15, -0.1) is 0 Å². The monoisotopic (exact) mass is 300 g/mol. The van der Waals surface area contributed by atoms with Gasteiger partial charge < -0.3 is 20.5 Å². The van der Waals surface area contributed by atoms with Crippen LogP contribution in [0, 0.1) is 0 Å². The lowest BCUT2D eigenvalue weighted by Crippen LogP contribution is -2.09. The Hall–Kier alpha value is -2.69. The summed E-state index contributed by atoms with van der Waals surface area (Å²) >= 11 is 0. The van der Waals surface area contributed by atoms with Crippen LogP contribution in [0.2, 0.25) is 0 Å². The van der Waals surface area contributed by atoms with E-state index >= 15 is 0 Å². The molecule has 0 heterocycles.